The number of nitrogens with one attached hydrogen (secondary N) is 1. The molecule has 0 atom stereocenters. The lowest BCUT2D eigenvalue weighted by molar-refractivity contribution is 0.0951. The lowest BCUT2D eigenvalue weighted by Gasteiger charge is -2.10. The molecule has 0 unspecified atom stereocenters. The smallest absolute Gasteiger partial charge is 0.251 e. The molecule has 0 aliphatic heterocycles. The molecular weight excluding hydrogens is 442 g/mol. The molecule has 4 aromatic rings. The molecule has 1 N–H and O–H groups in total. The predicted octanol–water partition coefficient (Wildman–Crippen LogP) is 5.66. The van der Waals surface area contributed by atoms with Gasteiger partial charge in [-0.25, -0.2) is 9.97 Å². The molecule has 0 aliphatic carbocycles. The maximum atomic E-state index is 12.6. The number of carbonyl (C=O) groups is 1. The summed E-state index contributed by atoms with van der Waals surface area (Å²) in [6.07, 6.45) is 2.41. The van der Waals surface area contributed by atoms with Crippen molar-refractivity contribution in [1.29, 1.82) is 0 Å². The van der Waals surface area contributed by atoms with Gasteiger partial charge in [-0.2, -0.15) is 0 Å². The highest BCUT2D eigenvalue weighted by atomic mass is 16.5. The van der Waals surface area contributed by atoms with Gasteiger partial charge in [-0.3, -0.25) is 4.79 Å². The second kappa shape index (κ2) is 11.7. The van der Waals surface area contributed by atoms with Crippen molar-refractivity contribution in [3.05, 3.63) is 96.3 Å². The Hall–Kier alpha value is -4.39. The molecule has 0 radical (unpaired) electrons. The molecule has 0 fully saturated rings. The first-order chi connectivity index (χ1) is 17.2. The van der Waals surface area contributed by atoms with Crippen LogP contribution in [-0.4, -0.2) is 29.6 Å². The molecule has 4 rings (SSSR count). The first-order valence-electron chi connectivity index (χ1n) is 11.4. The quantitative estimate of drug-likeness (QED) is 0.323. The maximum Gasteiger partial charge on any atom is 0.251 e. The minimum absolute atomic E-state index is 0.147. The Morgan fingerprint density at radius 2 is 1.66 bits per heavy atom. The summed E-state index contributed by atoms with van der Waals surface area (Å²) in [5, 5.41) is 2.95. The van der Waals surface area contributed by atoms with Crippen LogP contribution in [0.25, 0.3) is 11.3 Å². The number of carbonyl (C=O) groups excluding carboxylic acids is 1. The number of para-hydroxylation sites is 2. The van der Waals surface area contributed by atoms with E-state index in [0.717, 1.165) is 23.3 Å². The van der Waals surface area contributed by atoms with Crippen molar-refractivity contribution in [2.45, 2.75) is 19.9 Å². The van der Waals surface area contributed by atoms with Gasteiger partial charge in [0.15, 0.2) is 11.5 Å². The Bertz CT molecular complexity index is 1260. The zero-order valence-corrected chi connectivity index (χ0v) is 19.7. The van der Waals surface area contributed by atoms with Crippen LogP contribution in [0, 0.1) is 0 Å². The average Bonchev–Trinajstić information content (AvgIpc) is 2.91. The molecule has 0 saturated carbocycles. The van der Waals surface area contributed by atoms with Crippen molar-refractivity contribution in [3.63, 3.8) is 0 Å². The van der Waals surface area contributed by atoms with E-state index in [0.29, 0.717) is 41.8 Å². The molecular formula is C28H27N3O4. The summed E-state index contributed by atoms with van der Waals surface area (Å²) < 4.78 is 16.8. The molecule has 35 heavy (non-hydrogen) atoms. The lowest BCUT2D eigenvalue weighted by atomic mass is 10.1. The number of rotatable bonds is 10. The van der Waals surface area contributed by atoms with Crippen LogP contribution in [-0.2, 0) is 6.54 Å². The van der Waals surface area contributed by atoms with Crippen LogP contribution >= 0.6 is 0 Å². The van der Waals surface area contributed by atoms with Crippen LogP contribution in [0.1, 0.15) is 29.3 Å². The zero-order chi connectivity index (χ0) is 24.5. The van der Waals surface area contributed by atoms with Crippen molar-refractivity contribution in [2.75, 3.05) is 13.7 Å². The Balaban J connectivity index is 1.38. The van der Waals surface area contributed by atoms with Crippen LogP contribution in [0.15, 0.2) is 85.2 Å². The standard InChI is InChI=1S/C28H27N3O4/c1-3-16-34-23-14-8-20(9-15-23)18-29-28(32)22-12-10-21(11-13-22)24-17-27(31-19-30-24)35-26-7-5-4-6-25(26)33-2/h4-15,17,19H,3,16,18H2,1-2H3,(H,29,32). The number of ether oxygens (including phenoxy) is 3. The Morgan fingerprint density at radius 1 is 0.914 bits per heavy atom. The van der Waals surface area contributed by atoms with Crippen molar-refractivity contribution < 1.29 is 19.0 Å². The third kappa shape index (κ3) is 6.35. The van der Waals surface area contributed by atoms with Gasteiger partial charge in [0.1, 0.15) is 12.1 Å². The summed E-state index contributed by atoms with van der Waals surface area (Å²) in [6.45, 7) is 3.20. The lowest BCUT2D eigenvalue weighted by Crippen LogP contribution is -2.22. The topological polar surface area (TPSA) is 82.6 Å². The van der Waals surface area contributed by atoms with Crippen LogP contribution < -0.4 is 19.5 Å². The molecule has 1 heterocycles. The largest absolute Gasteiger partial charge is 0.494 e. The van der Waals surface area contributed by atoms with Gasteiger partial charge in [0.25, 0.3) is 5.91 Å². The van der Waals surface area contributed by atoms with Crippen molar-refractivity contribution >= 4 is 5.91 Å². The van der Waals surface area contributed by atoms with E-state index in [4.69, 9.17) is 14.2 Å². The van der Waals surface area contributed by atoms with Crippen LogP contribution in [0.4, 0.5) is 0 Å². The van der Waals surface area contributed by atoms with Crippen LogP contribution in [0.2, 0.25) is 0 Å². The SMILES string of the molecule is CCCOc1ccc(CNC(=O)c2ccc(-c3cc(Oc4ccccc4OC)ncn3)cc2)cc1. The van der Waals surface area contributed by atoms with Crippen molar-refractivity contribution in [2.24, 2.45) is 0 Å². The summed E-state index contributed by atoms with van der Waals surface area (Å²) in [5.41, 5.74) is 3.09. The summed E-state index contributed by atoms with van der Waals surface area (Å²) in [5.74, 6) is 2.26. The summed E-state index contributed by atoms with van der Waals surface area (Å²) in [6, 6.07) is 24.1. The number of methoxy groups -OCH3 is 1. The van der Waals surface area contributed by atoms with Gasteiger partial charge < -0.3 is 19.5 Å². The molecule has 1 amide bonds. The molecule has 7 nitrogen and oxygen atoms in total. The van der Waals surface area contributed by atoms with E-state index in [2.05, 4.69) is 22.2 Å². The van der Waals surface area contributed by atoms with Crippen molar-refractivity contribution in [1.82, 2.24) is 15.3 Å². The highest BCUT2D eigenvalue weighted by Crippen LogP contribution is 2.31. The van der Waals surface area contributed by atoms with Gasteiger partial charge in [-0.1, -0.05) is 43.3 Å². The van der Waals surface area contributed by atoms with Gasteiger partial charge in [0.2, 0.25) is 5.88 Å². The van der Waals surface area contributed by atoms with Gasteiger partial charge in [0, 0.05) is 23.7 Å². The first-order valence-corrected chi connectivity index (χ1v) is 11.4. The summed E-state index contributed by atoms with van der Waals surface area (Å²) >= 11 is 0. The highest BCUT2D eigenvalue weighted by Gasteiger charge is 2.10. The van der Waals surface area contributed by atoms with Gasteiger partial charge >= 0.3 is 0 Å². The molecule has 3 aromatic carbocycles. The van der Waals surface area contributed by atoms with E-state index in [1.54, 1.807) is 25.3 Å². The number of aromatic nitrogens is 2. The van der Waals surface area contributed by atoms with Gasteiger partial charge in [-0.05, 0) is 48.4 Å². The molecule has 0 spiro atoms. The Labute approximate surface area is 204 Å². The number of hydrogen-bond acceptors (Lipinski definition) is 6. The zero-order valence-electron chi connectivity index (χ0n) is 19.7. The molecule has 178 valence electrons. The second-order valence-corrected chi connectivity index (χ2v) is 7.75. The fourth-order valence-corrected chi connectivity index (χ4v) is 3.37. The van der Waals surface area contributed by atoms with E-state index in [9.17, 15) is 4.79 Å². The van der Waals surface area contributed by atoms with E-state index < -0.39 is 0 Å². The van der Waals surface area contributed by atoms with Crippen LogP contribution in [0.3, 0.4) is 0 Å². The van der Waals surface area contributed by atoms with Crippen molar-refractivity contribution in [3.8, 4) is 34.4 Å². The van der Waals surface area contributed by atoms with Gasteiger partial charge in [-0.15, -0.1) is 0 Å². The summed E-state index contributed by atoms with van der Waals surface area (Å²) in [7, 11) is 1.59. The normalized spacial score (nSPS) is 10.5. The minimum Gasteiger partial charge on any atom is -0.494 e. The average molecular weight is 470 g/mol. The van der Waals surface area contributed by atoms with E-state index in [1.165, 1.54) is 6.33 Å². The monoisotopic (exact) mass is 469 g/mol. The van der Waals surface area contributed by atoms with E-state index in [-0.39, 0.29) is 5.91 Å². The Kier molecular flexibility index (Phi) is 7.91. The van der Waals surface area contributed by atoms with E-state index in [1.807, 2.05) is 60.7 Å². The third-order valence-corrected chi connectivity index (χ3v) is 5.22. The molecule has 7 heteroatoms. The number of hydrogen-bond donors (Lipinski definition) is 1. The van der Waals surface area contributed by atoms with Gasteiger partial charge in [0.05, 0.1) is 19.4 Å². The van der Waals surface area contributed by atoms with E-state index >= 15 is 0 Å². The third-order valence-electron chi connectivity index (χ3n) is 5.22. The second-order valence-electron chi connectivity index (χ2n) is 7.75. The fraction of sp³-hybridized carbons (Fsp3) is 0.179. The molecule has 1 aromatic heterocycles. The maximum absolute atomic E-state index is 12.6. The van der Waals surface area contributed by atoms with Crippen LogP contribution in [0.5, 0.6) is 23.1 Å². The number of nitrogens with zero attached hydrogens (tertiary/aromatic N) is 2. The fourth-order valence-electron chi connectivity index (χ4n) is 3.37. The molecule has 0 bridgehead atoms. The minimum atomic E-state index is -0.147. The predicted molar refractivity (Wildman–Crippen MR) is 134 cm³/mol. The molecule has 0 saturated heterocycles. The molecule has 0 aliphatic rings. The Morgan fingerprint density at radius 3 is 2.37 bits per heavy atom. The number of benzene rings is 3. The first kappa shape index (κ1) is 23.8. The summed E-state index contributed by atoms with van der Waals surface area (Å²) in [4.78, 5) is 21.1. The number of amides is 1. The highest BCUT2D eigenvalue weighted by molar-refractivity contribution is 5.94.